The number of hydrogen-bond acceptors (Lipinski definition) is 3. The molecule has 31 heavy (non-hydrogen) atoms. The molecular weight excluding hydrogens is 441 g/mol. The number of nitrogens with one attached hydrogen (secondary N) is 2. The number of aromatic nitrogens is 2. The predicted molar refractivity (Wildman–Crippen MR) is 104 cm³/mol. The summed E-state index contributed by atoms with van der Waals surface area (Å²) in [4.78, 5) is 6.74. The van der Waals surface area contributed by atoms with E-state index in [1.807, 2.05) is 12.1 Å². The fraction of sp³-hybridized carbons (Fsp3) is 0.0500. The van der Waals surface area contributed by atoms with E-state index in [0.717, 1.165) is 11.6 Å². The van der Waals surface area contributed by atoms with Crippen LogP contribution in [0.2, 0.25) is 0 Å². The maximum absolute atomic E-state index is 14.0. The molecular formula is C20H12F5N3O2S. The van der Waals surface area contributed by atoms with Crippen LogP contribution in [0, 0.1) is 11.6 Å². The molecule has 2 heterocycles. The molecule has 0 saturated heterocycles. The summed E-state index contributed by atoms with van der Waals surface area (Å²) in [6.45, 7) is 0. The molecule has 0 aliphatic heterocycles. The Hall–Kier alpha value is -3.47. The van der Waals surface area contributed by atoms with Crippen LogP contribution in [0.3, 0.4) is 0 Å². The standard InChI is InChI=1S/C20H12F5N3O2S/c21-15-9-18(16(22)8-14(15)20(23,24)25)28-31(29,30)12-7-17(27-10-12)13-5-1-3-11-4-2-6-26-19(11)13/h1-10,27-28H. The van der Waals surface area contributed by atoms with Crippen LogP contribution in [-0.4, -0.2) is 18.4 Å². The molecule has 2 aromatic carbocycles. The predicted octanol–water partition coefficient (Wildman–Crippen LogP) is 5.33. The molecule has 0 atom stereocenters. The highest BCUT2D eigenvalue weighted by Gasteiger charge is 2.35. The Morgan fingerprint density at radius 2 is 1.71 bits per heavy atom. The van der Waals surface area contributed by atoms with Gasteiger partial charge < -0.3 is 4.98 Å². The van der Waals surface area contributed by atoms with Crippen molar-refractivity contribution in [3.8, 4) is 11.3 Å². The van der Waals surface area contributed by atoms with Gasteiger partial charge in [0.15, 0.2) is 0 Å². The first kappa shape index (κ1) is 20.8. The van der Waals surface area contributed by atoms with Crippen molar-refractivity contribution in [2.45, 2.75) is 11.1 Å². The summed E-state index contributed by atoms with van der Waals surface area (Å²) in [6, 6.07) is 10.2. The Kier molecular flexibility index (Phi) is 4.92. The van der Waals surface area contributed by atoms with Crippen LogP contribution < -0.4 is 4.72 Å². The zero-order valence-corrected chi connectivity index (χ0v) is 16.2. The Morgan fingerprint density at radius 3 is 2.45 bits per heavy atom. The highest BCUT2D eigenvalue weighted by atomic mass is 32.2. The van der Waals surface area contributed by atoms with Crippen LogP contribution in [0.4, 0.5) is 27.6 Å². The summed E-state index contributed by atoms with van der Waals surface area (Å²) in [5, 5.41) is 0.819. The maximum atomic E-state index is 14.0. The maximum Gasteiger partial charge on any atom is 0.419 e. The molecule has 0 unspecified atom stereocenters. The number of anilines is 1. The van der Waals surface area contributed by atoms with E-state index in [1.165, 1.54) is 6.07 Å². The van der Waals surface area contributed by atoms with Crippen molar-refractivity contribution in [3.63, 3.8) is 0 Å². The van der Waals surface area contributed by atoms with Gasteiger partial charge in [0.2, 0.25) is 0 Å². The van der Waals surface area contributed by atoms with E-state index in [1.54, 1.807) is 29.1 Å². The van der Waals surface area contributed by atoms with E-state index in [0.29, 0.717) is 16.8 Å². The number of pyridine rings is 1. The van der Waals surface area contributed by atoms with E-state index in [4.69, 9.17) is 0 Å². The number of sulfonamides is 1. The number of para-hydroxylation sites is 1. The first-order valence-corrected chi connectivity index (χ1v) is 10.2. The van der Waals surface area contributed by atoms with Crippen LogP contribution in [0.15, 0.2) is 65.8 Å². The van der Waals surface area contributed by atoms with Gasteiger partial charge in [-0.3, -0.25) is 9.71 Å². The number of fused-ring (bicyclic) bond motifs is 1. The van der Waals surface area contributed by atoms with Crippen molar-refractivity contribution in [2.24, 2.45) is 0 Å². The summed E-state index contributed by atoms with van der Waals surface area (Å²) >= 11 is 0. The molecule has 0 spiro atoms. The highest BCUT2D eigenvalue weighted by molar-refractivity contribution is 7.92. The number of H-pyrrole nitrogens is 1. The summed E-state index contributed by atoms with van der Waals surface area (Å²) < 4.78 is 92.8. The van der Waals surface area contributed by atoms with Crippen LogP contribution in [0.25, 0.3) is 22.2 Å². The highest BCUT2D eigenvalue weighted by Crippen LogP contribution is 2.34. The molecule has 4 rings (SSSR count). The second kappa shape index (κ2) is 7.34. The molecule has 0 aliphatic carbocycles. The van der Waals surface area contributed by atoms with Crippen LogP contribution >= 0.6 is 0 Å². The smallest absolute Gasteiger partial charge is 0.360 e. The minimum atomic E-state index is -5.12. The summed E-state index contributed by atoms with van der Waals surface area (Å²) in [7, 11) is -4.43. The van der Waals surface area contributed by atoms with Gasteiger partial charge in [0, 0.05) is 35.1 Å². The number of alkyl halides is 3. The average Bonchev–Trinajstić information content (AvgIpc) is 3.20. The lowest BCUT2D eigenvalue weighted by atomic mass is 10.1. The molecule has 0 radical (unpaired) electrons. The van der Waals surface area contributed by atoms with Gasteiger partial charge in [0.1, 0.15) is 16.5 Å². The van der Waals surface area contributed by atoms with Gasteiger partial charge in [-0.2, -0.15) is 13.2 Å². The van der Waals surface area contributed by atoms with Crippen LogP contribution in [0.5, 0.6) is 0 Å². The third-order valence-electron chi connectivity index (χ3n) is 4.50. The number of hydrogen-bond donors (Lipinski definition) is 2. The Balaban J connectivity index is 1.69. The lowest BCUT2D eigenvalue weighted by molar-refractivity contribution is -0.140. The van der Waals surface area contributed by atoms with Crippen molar-refractivity contribution in [2.75, 3.05) is 4.72 Å². The normalized spacial score (nSPS) is 12.3. The average molecular weight is 453 g/mol. The first-order valence-electron chi connectivity index (χ1n) is 8.68. The fourth-order valence-corrected chi connectivity index (χ4v) is 4.10. The van der Waals surface area contributed by atoms with E-state index in [-0.39, 0.29) is 17.0 Å². The summed E-state index contributed by atoms with van der Waals surface area (Å²) in [5.41, 5.74) is -1.17. The minimum absolute atomic E-state index is 0.0997. The third kappa shape index (κ3) is 3.96. The summed E-state index contributed by atoms with van der Waals surface area (Å²) in [5.74, 6) is -3.37. The number of halogens is 5. The van der Waals surface area contributed by atoms with E-state index in [9.17, 15) is 30.4 Å². The molecule has 0 amide bonds. The quantitative estimate of drug-likeness (QED) is 0.411. The Labute approximate surface area is 172 Å². The van der Waals surface area contributed by atoms with Gasteiger partial charge in [0.25, 0.3) is 10.0 Å². The van der Waals surface area contributed by atoms with Crippen molar-refractivity contribution < 1.29 is 30.4 Å². The second-order valence-electron chi connectivity index (χ2n) is 6.54. The molecule has 160 valence electrons. The number of nitrogens with zero attached hydrogens (tertiary/aromatic N) is 1. The van der Waals surface area contributed by atoms with Crippen molar-refractivity contribution in [1.82, 2.24) is 9.97 Å². The van der Waals surface area contributed by atoms with E-state index in [2.05, 4.69) is 9.97 Å². The zero-order valence-electron chi connectivity index (χ0n) is 15.3. The van der Waals surface area contributed by atoms with Gasteiger partial charge >= 0.3 is 6.18 Å². The first-order chi connectivity index (χ1) is 14.6. The minimum Gasteiger partial charge on any atom is -0.360 e. The molecule has 0 bridgehead atoms. The molecule has 11 heteroatoms. The van der Waals surface area contributed by atoms with Gasteiger partial charge in [-0.15, -0.1) is 0 Å². The third-order valence-corrected chi connectivity index (χ3v) is 5.84. The Morgan fingerprint density at radius 1 is 0.968 bits per heavy atom. The van der Waals surface area contributed by atoms with Gasteiger partial charge in [0.05, 0.1) is 16.8 Å². The monoisotopic (exact) mass is 453 g/mol. The number of rotatable bonds is 4. The van der Waals surface area contributed by atoms with Gasteiger partial charge in [-0.25, -0.2) is 17.2 Å². The van der Waals surface area contributed by atoms with Crippen molar-refractivity contribution in [1.29, 1.82) is 0 Å². The van der Waals surface area contributed by atoms with E-state index >= 15 is 0 Å². The van der Waals surface area contributed by atoms with Crippen LogP contribution in [-0.2, 0) is 16.2 Å². The van der Waals surface area contributed by atoms with Crippen molar-refractivity contribution in [3.05, 3.63) is 78.1 Å². The lowest BCUT2D eigenvalue weighted by Gasteiger charge is -2.12. The topological polar surface area (TPSA) is 74.8 Å². The SMILES string of the molecule is O=S(=O)(Nc1cc(F)c(C(F)(F)F)cc1F)c1c[nH]c(-c2cccc3cccnc23)c1. The second-order valence-corrected chi connectivity index (χ2v) is 8.23. The number of aromatic amines is 1. The molecule has 4 aromatic rings. The number of benzene rings is 2. The van der Waals surface area contributed by atoms with Gasteiger partial charge in [-0.05, 0) is 18.2 Å². The molecule has 2 aromatic heterocycles. The Bertz CT molecular complexity index is 1390. The van der Waals surface area contributed by atoms with Gasteiger partial charge in [-0.1, -0.05) is 24.3 Å². The van der Waals surface area contributed by atoms with E-state index < -0.39 is 39.1 Å². The molecule has 2 N–H and O–H groups in total. The molecule has 0 saturated carbocycles. The lowest BCUT2D eigenvalue weighted by Crippen LogP contribution is -2.15. The molecule has 0 fully saturated rings. The largest absolute Gasteiger partial charge is 0.419 e. The summed E-state index contributed by atoms with van der Waals surface area (Å²) in [6.07, 6.45) is -2.42. The fourth-order valence-electron chi connectivity index (χ4n) is 3.05. The molecule has 5 nitrogen and oxygen atoms in total. The van der Waals surface area contributed by atoms with Crippen molar-refractivity contribution >= 4 is 26.6 Å². The van der Waals surface area contributed by atoms with Crippen LogP contribution in [0.1, 0.15) is 5.56 Å². The zero-order chi connectivity index (χ0) is 22.4. The molecule has 0 aliphatic rings.